The molecule has 1 unspecified atom stereocenters. The van der Waals surface area contributed by atoms with E-state index in [0.717, 1.165) is 12.1 Å². The van der Waals surface area contributed by atoms with Crippen LogP contribution in [0.4, 0.5) is 17.6 Å². The molecule has 0 heterocycles. The highest BCUT2D eigenvalue weighted by Crippen LogP contribution is 2.20. The highest BCUT2D eigenvalue weighted by molar-refractivity contribution is 5.29. The van der Waals surface area contributed by atoms with Crippen molar-refractivity contribution in [2.75, 3.05) is 6.54 Å². The zero-order valence-electron chi connectivity index (χ0n) is 12.0. The van der Waals surface area contributed by atoms with Crippen LogP contribution in [0, 0.1) is 11.6 Å². The summed E-state index contributed by atoms with van der Waals surface area (Å²) in [6.45, 7) is -2.69. The first kappa shape index (κ1) is 17.2. The lowest BCUT2D eigenvalue weighted by Gasteiger charge is -2.13. The van der Waals surface area contributed by atoms with Crippen molar-refractivity contribution < 1.29 is 27.4 Å². The molecule has 1 atom stereocenters. The Bertz CT molecular complexity index is 634. The van der Waals surface area contributed by atoms with Gasteiger partial charge in [0.1, 0.15) is 5.82 Å². The molecule has 2 aromatic carbocycles. The molecule has 2 N–H and O–H groups in total. The normalized spacial score (nSPS) is 12.4. The zero-order chi connectivity index (χ0) is 16.8. The van der Waals surface area contributed by atoms with E-state index in [4.69, 9.17) is 0 Å². The van der Waals surface area contributed by atoms with Gasteiger partial charge in [0, 0.05) is 13.1 Å². The first-order valence-corrected chi connectivity index (χ1v) is 6.83. The van der Waals surface area contributed by atoms with Crippen molar-refractivity contribution in [3.8, 4) is 5.75 Å². The molecular formula is C16H15F4NO2. The maximum Gasteiger partial charge on any atom is 0.387 e. The van der Waals surface area contributed by atoms with Crippen LogP contribution < -0.4 is 10.1 Å². The van der Waals surface area contributed by atoms with Crippen LogP contribution in [0.25, 0.3) is 0 Å². The molecule has 0 amide bonds. The number of hydrogen-bond acceptors (Lipinski definition) is 3. The Hall–Kier alpha value is -2.12. The average molecular weight is 329 g/mol. The average Bonchev–Trinajstić information content (AvgIpc) is 2.50. The third-order valence-corrected chi connectivity index (χ3v) is 3.13. The Morgan fingerprint density at radius 1 is 1.04 bits per heavy atom. The van der Waals surface area contributed by atoms with E-state index in [-0.39, 0.29) is 13.1 Å². The molecule has 7 heteroatoms. The highest BCUT2D eigenvalue weighted by atomic mass is 19.3. The molecule has 0 fully saturated rings. The van der Waals surface area contributed by atoms with Gasteiger partial charge < -0.3 is 15.2 Å². The van der Waals surface area contributed by atoms with Crippen LogP contribution in [0.1, 0.15) is 17.2 Å². The molecule has 0 saturated heterocycles. The predicted molar refractivity (Wildman–Crippen MR) is 76.1 cm³/mol. The van der Waals surface area contributed by atoms with E-state index >= 15 is 0 Å². The van der Waals surface area contributed by atoms with Gasteiger partial charge in [0.2, 0.25) is 0 Å². The number of nitrogens with one attached hydrogen (secondary N) is 1. The number of ether oxygens (including phenoxy) is 1. The fourth-order valence-corrected chi connectivity index (χ4v) is 2.00. The first-order valence-electron chi connectivity index (χ1n) is 6.83. The van der Waals surface area contributed by atoms with Crippen LogP contribution in [0.3, 0.4) is 0 Å². The van der Waals surface area contributed by atoms with Gasteiger partial charge in [-0.05, 0) is 35.4 Å². The van der Waals surface area contributed by atoms with Crippen molar-refractivity contribution in [3.63, 3.8) is 0 Å². The van der Waals surface area contributed by atoms with Gasteiger partial charge in [-0.1, -0.05) is 18.2 Å². The largest absolute Gasteiger partial charge is 0.432 e. The molecule has 2 rings (SSSR count). The molecule has 0 spiro atoms. The molecule has 3 nitrogen and oxygen atoms in total. The molecule has 0 aliphatic heterocycles. The third kappa shape index (κ3) is 5.22. The highest BCUT2D eigenvalue weighted by Gasteiger charge is 2.11. The standard InChI is InChI=1S/C16H15F4NO2/c17-12-4-2-11(3-5-12)14(22)9-21-8-10-1-6-15(13(18)7-10)23-16(19)20/h1-7,14,16,21-22H,8-9H2. The Balaban J connectivity index is 1.86. The summed E-state index contributed by atoms with van der Waals surface area (Å²) in [7, 11) is 0. The molecule has 0 aliphatic carbocycles. The quantitative estimate of drug-likeness (QED) is 0.765. The van der Waals surface area contributed by atoms with E-state index in [1.54, 1.807) is 0 Å². The second-order valence-electron chi connectivity index (χ2n) is 4.84. The van der Waals surface area contributed by atoms with Gasteiger partial charge in [0.05, 0.1) is 6.10 Å². The second-order valence-corrected chi connectivity index (χ2v) is 4.84. The van der Waals surface area contributed by atoms with Gasteiger partial charge in [0.15, 0.2) is 11.6 Å². The SMILES string of the molecule is OC(CNCc1ccc(OC(F)F)c(F)c1)c1ccc(F)cc1. The van der Waals surface area contributed by atoms with Crippen LogP contribution >= 0.6 is 0 Å². The van der Waals surface area contributed by atoms with E-state index in [0.29, 0.717) is 11.1 Å². The lowest BCUT2D eigenvalue weighted by molar-refractivity contribution is -0.0522. The lowest BCUT2D eigenvalue weighted by Crippen LogP contribution is -2.21. The van der Waals surface area contributed by atoms with E-state index in [1.165, 1.54) is 30.3 Å². The van der Waals surface area contributed by atoms with Crippen molar-refractivity contribution in [2.24, 2.45) is 0 Å². The summed E-state index contributed by atoms with van der Waals surface area (Å²) in [5.41, 5.74) is 1.06. The van der Waals surface area contributed by atoms with Crippen LogP contribution in [-0.4, -0.2) is 18.3 Å². The van der Waals surface area contributed by atoms with Gasteiger partial charge in [-0.3, -0.25) is 0 Å². The Kier molecular flexibility index (Phi) is 5.95. The van der Waals surface area contributed by atoms with Crippen molar-refractivity contribution in [2.45, 2.75) is 19.3 Å². The Morgan fingerprint density at radius 2 is 1.74 bits per heavy atom. The van der Waals surface area contributed by atoms with E-state index < -0.39 is 30.1 Å². The monoisotopic (exact) mass is 329 g/mol. The molecule has 2 aromatic rings. The number of halogens is 4. The number of aliphatic hydroxyl groups is 1. The number of aliphatic hydroxyl groups excluding tert-OH is 1. The van der Waals surface area contributed by atoms with Crippen molar-refractivity contribution in [1.82, 2.24) is 5.32 Å². The molecule has 0 radical (unpaired) electrons. The smallest absolute Gasteiger partial charge is 0.387 e. The molecule has 124 valence electrons. The van der Waals surface area contributed by atoms with Crippen LogP contribution in [-0.2, 0) is 6.54 Å². The van der Waals surface area contributed by atoms with Crippen molar-refractivity contribution in [3.05, 3.63) is 65.2 Å². The minimum Gasteiger partial charge on any atom is -0.432 e. The molecular weight excluding hydrogens is 314 g/mol. The topological polar surface area (TPSA) is 41.5 Å². The third-order valence-electron chi connectivity index (χ3n) is 3.13. The fraction of sp³-hybridized carbons (Fsp3) is 0.250. The van der Waals surface area contributed by atoms with Gasteiger partial charge >= 0.3 is 6.61 Å². The molecule has 23 heavy (non-hydrogen) atoms. The van der Waals surface area contributed by atoms with Gasteiger partial charge in [-0.15, -0.1) is 0 Å². The summed E-state index contributed by atoms with van der Waals surface area (Å²) in [5.74, 6) is -1.80. The summed E-state index contributed by atoms with van der Waals surface area (Å²) >= 11 is 0. The fourth-order valence-electron chi connectivity index (χ4n) is 2.00. The first-order chi connectivity index (χ1) is 11.0. The van der Waals surface area contributed by atoms with E-state index in [2.05, 4.69) is 10.1 Å². The molecule has 0 aliphatic rings. The summed E-state index contributed by atoms with van der Waals surface area (Å²) in [5, 5.41) is 12.8. The maximum absolute atomic E-state index is 13.5. The molecule has 0 bridgehead atoms. The number of alkyl halides is 2. The lowest BCUT2D eigenvalue weighted by atomic mass is 10.1. The second kappa shape index (κ2) is 7.94. The zero-order valence-corrected chi connectivity index (χ0v) is 12.0. The van der Waals surface area contributed by atoms with Crippen LogP contribution in [0.5, 0.6) is 5.75 Å². The molecule has 0 saturated carbocycles. The minimum atomic E-state index is -3.08. The summed E-state index contributed by atoms with van der Waals surface area (Å²) < 4.78 is 54.4. The molecule has 0 aromatic heterocycles. The van der Waals surface area contributed by atoms with Crippen LogP contribution in [0.15, 0.2) is 42.5 Å². The number of benzene rings is 2. The predicted octanol–water partition coefficient (Wildman–Crippen LogP) is 3.39. The van der Waals surface area contributed by atoms with Crippen molar-refractivity contribution >= 4 is 0 Å². The maximum atomic E-state index is 13.5. The van der Waals surface area contributed by atoms with Gasteiger partial charge in [-0.2, -0.15) is 8.78 Å². The van der Waals surface area contributed by atoms with Gasteiger partial charge in [-0.25, -0.2) is 8.78 Å². The number of rotatable bonds is 7. The number of hydrogen-bond donors (Lipinski definition) is 2. The van der Waals surface area contributed by atoms with E-state index in [9.17, 15) is 22.7 Å². The minimum absolute atomic E-state index is 0.169. The van der Waals surface area contributed by atoms with Crippen LogP contribution in [0.2, 0.25) is 0 Å². The van der Waals surface area contributed by atoms with Gasteiger partial charge in [0.25, 0.3) is 0 Å². The van der Waals surface area contributed by atoms with Crippen molar-refractivity contribution in [1.29, 1.82) is 0 Å². The van der Waals surface area contributed by atoms with E-state index in [1.807, 2.05) is 0 Å². The Labute approximate surface area is 130 Å². The summed E-state index contributed by atoms with van der Waals surface area (Å²) in [6.07, 6.45) is -0.845. The Morgan fingerprint density at radius 3 is 2.35 bits per heavy atom. The summed E-state index contributed by atoms with van der Waals surface area (Å²) in [6, 6.07) is 9.07. The summed E-state index contributed by atoms with van der Waals surface area (Å²) in [4.78, 5) is 0.